The van der Waals surface area contributed by atoms with E-state index in [4.69, 9.17) is 4.74 Å². The zero-order chi connectivity index (χ0) is 10.3. The number of methoxy groups -OCH3 is 1. The van der Waals surface area contributed by atoms with Crippen molar-refractivity contribution < 1.29 is 9.84 Å². The molecule has 2 aliphatic rings. The highest BCUT2D eigenvalue weighted by Gasteiger charge is 2.55. The van der Waals surface area contributed by atoms with Crippen molar-refractivity contribution in [1.29, 1.82) is 0 Å². The molecule has 0 aliphatic heterocycles. The molecule has 0 radical (unpaired) electrons. The van der Waals surface area contributed by atoms with Crippen molar-refractivity contribution >= 4 is 0 Å². The summed E-state index contributed by atoms with van der Waals surface area (Å²) in [7, 11) is 1.72. The van der Waals surface area contributed by atoms with E-state index in [0.29, 0.717) is 5.92 Å². The summed E-state index contributed by atoms with van der Waals surface area (Å²) in [5, 5.41) is 10.3. The quantitative estimate of drug-likeness (QED) is 0.680. The van der Waals surface area contributed by atoms with E-state index in [-0.39, 0.29) is 12.0 Å². The Balaban J connectivity index is 2.21. The highest BCUT2D eigenvalue weighted by molar-refractivity contribution is 5.31. The van der Waals surface area contributed by atoms with Gasteiger partial charge in [-0.3, -0.25) is 0 Å². The number of hydrogen-bond donors (Lipinski definition) is 1. The summed E-state index contributed by atoms with van der Waals surface area (Å²) >= 11 is 0. The van der Waals surface area contributed by atoms with E-state index in [2.05, 4.69) is 13.2 Å². The van der Waals surface area contributed by atoms with E-state index in [1.165, 1.54) is 0 Å². The first-order valence-corrected chi connectivity index (χ1v) is 5.21. The average molecular weight is 194 g/mol. The molecule has 4 atom stereocenters. The number of rotatable bonds is 2. The molecule has 1 N–H and O–H groups in total. The zero-order valence-electron chi connectivity index (χ0n) is 8.70. The van der Waals surface area contributed by atoms with Crippen LogP contribution in [0.4, 0.5) is 0 Å². The molecular formula is C12H18O2. The third-order valence-electron chi connectivity index (χ3n) is 3.84. The topological polar surface area (TPSA) is 29.5 Å². The zero-order valence-corrected chi connectivity index (χ0v) is 8.70. The van der Waals surface area contributed by atoms with Crippen LogP contribution in [-0.2, 0) is 4.74 Å². The predicted octanol–water partition coefficient (Wildman–Crippen LogP) is 1.90. The minimum Gasteiger partial charge on any atom is -0.385 e. The number of aliphatic hydroxyl groups is 1. The number of hydrogen-bond acceptors (Lipinski definition) is 2. The van der Waals surface area contributed by atoms with Gasteiger partial charge in [0.05, 0.1) is 11.7 Å². The van der Waals surface area contributed by atoms with Gasteiger partial charge in [0, 0.05) is 13.0 Å². The van der Waals surface area contributed by atoms with Crippen LogP contribution in [0.1, 0.15) is 19.3 Å². The molecular weight excluding hydrogens is 176 g/mol. The summed E-state index contributed by atoms with van der Waals surface area (Å²) in [5.41, 5.74) is 0.314. The smallest absolute Gasteiger partial charge is 0.0894 e. The van der Waals surface area contributed by atoms with Crippen LogP contribution in [0.15, 0.2) is 24.8 Å². The van der Waals surface area contributed by atoms with Crippen LogP contribution in [0, 0.1) is 11.8 Å². The monoisotopic (exact) mass is 194 g/mol. The van der Waals surface area contributed by atoms with Crippen molar-refractivity contribution in [1.82, 2.24) is 0 Å². The minimum absolute atomic E-state index is 0.159. The van der Waals surface area contributed by atoms with Crippen molar-refractivity contribution in [3.8, 4) is 0 Å². The number of fused-ring (bicyclic) bond motifs is 1. The molecule has 0 spiro atoms. The Morgan fingerprint density at radius 1 is 1.64 bits per heavy atom. The van der Waals surface area contributed by atoms with E-state index in [1.54, 1.807) is 13.2 Å². The maximum Gasteiger partial charge on any atom is 0.0894 e. The van der Waals surface area contributed by atoms with E-state index >= 15 is 0 Å². The summed E-state index contributed by atoms with van der Waals surface area (Å²) < 4.78 is 5.36. The van der Waals surface area contributed by atoms with Gasteiger partial charge < -0.3 is 9.84 Å². The fourth-order valence-electron chi connectivity index (χ4n) is 3.12. The molecule has 3 unspecified atom stereocenters. The van der Waals surface area contributed by atoms with Crippen molar-refractivity contribution in [2.45, 2.75) is 31.0 Å². The molecule has 0 amide bonds. The van der Waals surface area contributed by atoms with Gasteiger partial charge in [-0.15, -0.1) is 6.58 Å². The fraction of sp³-hybridized carbons (Fsp3) is 0.667. The Morgan fingerprint density at radius 3 is 2.93 bits per heavy atom. The van der Waals surface area contributed by atoms with Crippen molar-refractivity contribution in [3.05, 3.63) is 24.8 Å². The molecule has 0 aromatic heterocycles. The van der Waals surface area contributed by atoms with E-state index in [9.17, 15) is 5.11 Å². The van der Waals surface area contributed by atoms with Crippen LogP contribution in [0.25, 0.3) is 0 Å². The third kappa shape index (κ3) is 1.11. The van der Waals surface area contributed by atoms with Crippen molar-refractivity contribution in [2.24, 2.45) is 11.8 Å². The SMILES string of the molecule is C=C[C@]1(O)CCCC2C(OC)C(=C)C21. The summed E-state index contributed by atoms with van der Waals surface area (Å²) in [6, 6.07) is 0. The molecule has 2 nitrogen and oxygen atoms in total. The van der Waals surface area contributed by atoms with E-state index in [1.807, 2.05) is 0 Å². The van der Waals surface area contributed by atoms with Crippen LogP contribution in [-0.4, -0.2) is 23.9 Å². The molecule has 0 aromatic carbocycles. The lowest BCUT2D eigenvalue weighted by molar-refractivity contribution is -0.111. The second-order valence-corrected chi connectivity index (χ2v) is 4.46. The van der Waals surface area contributed by atoms with Crippen LogP contribution in [0.5, 0.6) is 0 Å². The Morgan fingerprint density at radius 2 is 2.36 bits per heavy atom. The molecule has 14 heavy (non-hydrogen) atoms. The summed E-state index contributed by atoms with van der Waals surface area (Å²) in [5.74, 6) is 0.628. The highest BCUT2D eigenvalue weighted by Crippen LogP contribution is 2.54. The molecule has 2 fully saturated rings. The maximum atomic E-state index is 10.3. The Labute approximate surface area is 85.3 Å². The molecule has 0 aromatic rings. The van der Waals surface area contributed by atoms with Gasteiger partial charge >= 0.3 is 0 Å². The third-order valence-corrected chi connectivity index (χ3v) is 3.84. The van der Waals surface area contributed by atoms with Crippen LogP contribution < -0.4 is 0 Å². The van der Waals surface area contributed by atoms with Crippen LogP contribution in [0.2, 0.25) is 0 Å². The van der Waals surface area contributed by atoms with Gasteiger partial charge in [-0.25, -0.2) is 0 Å². The normalized spacial score (nSPS) is 46.7. The molecule has 2 rings (SSSR count). The first kappa shape index (κ1) is 9.94. The van der Waals surface area contributed by atoms with Crippen molar-refractivity contribution in [2.75, 3.05) is 7.11 Å². The summed E-state index contributed by atoms with van der Waals surface area (Å²) in [6.45, 7) is 7.74. The lowest BCUT2D eigenvalue weighted by Gasteiger charge is -2.55. The first-order valence-electron chi connectivity index (χ1n) is 5.21. The molecule has 2 heteroatoms. The van der Waals surface area contributed by atoms with Crippen LogP contribution in [0.3, 0.4) is 0 Å². The molecule has 0 heterocycles. The molecule has 0 saturated heterocycles. The van der Waals surface area contributed by atoms with Gasteiger partial charge in [-0.2, -0.15) is 0 Å². The van der Waals surface area contributed by atoms with Crippen LogP contribution >= 0.6 is 0 Å². The van der Waals surface area contributed by atoms with Gasteiger partial charge in [0.25, 0.3) is 0 Å². The van der Waals surface area contributed by atoms with Gasteiger partial charge in [-0.05, 0) is 30.8 Å². The Kier molecular flexibility index (Phi) is 2.28. The van der Waals surface area contributed by atoms with Gasteiger partial charge in [0.1, 0.15) is 0 Å². The average Bonchev–Trinajstić information content (AvgIpc) is 2.17. The standard InChI is InChI=1S/C12H18O2/c1-4-12(13)7-5-6-9-10(12)8(2)11(9)14-3/h4,9-11,13H,1-2,5-7H2,3H3/t9?,10?,11?,12-/m0/s1. The highest BCUT2D eigenvalue weighted by atomic mass is 16.5. The van der Waals surface area contributed by atoms with Gasteiger partial charge in [0.2, 0.25) is 0 Å². The first-order chi connectivity index (χ1) is 6.64. The molecule has 2 saturated carbocycles. The largest absolute Gasteiger partial charge is 0.385 e. The lowest BCUT2D eigenvalue weighted by atomic mass is 9.54. The van der Waals surface area contributed by atoms with E-state index < -0.39 is 5.60 Å². The van der Waals surface area contributed by atoms with E-state index in [0.717, 1.165) is 24.8 Å². The lowest BCUT2D eigenvalue weighted by Crippen LogP contribution is -2.58. The minimum atomic E-state index is -0.727. The van der Waals surface area contributed by atoms with Gasteiger partial charge in [0.15, 0.2) is 0 Å². The van der Waals surface area contributed by atoms with Gasteiger partial charge in [-0.1, -0.05) is 12.7 Å². The number of ether oxygens (including phenoxy) is 1. The summed E-state index contributed by atoms with van der Waals surface area (Å²) in [6.07, 6.45) is 4.84. The second kappa shape index (κ2) is 3.21. The maximum absolute atomic E-state index is 10.3. The Hall–Kier alpha value is -0.600. The fourth-order valence-corrected chi connectivity index (χ4v) is 3.12. The predicted molar refractivity (Wildman–Crippen MR) is 55.9 cm³/mol. The Bertz CT molecular complexity index is 271. The van der Waals surface area contributed by atoms with Crippen molar-refractivity contribution in [3.63, 3.8) is 0 Å². The molecule has 0 bridgehead atoms. The summed E-state index contributed by atoms with van der Waals surface area (Å²) in [4.78, 5) is 0. The second-order valence-electron chi connectivity index (χ2n) is 4.46. The molecule has 2 aliphatic carbocycles. The molecule has 78 valence electrons.